The molecule has 0 saturated heterocycles. The fourth-order valence-corrected chi connectivity index (χ4v) is 3.45. The first kappa shape index (κ1) is 15.0. The second kappa shape index (κ2) is 5.54. The van der Waals surface area contributed by atoms with E-state index in [1.807, 2.05) is 6.07 Å². The Morgan fingerprint density at radius 1 is 1.28 bits per heavy atom. The fourth-order valence-electron chi connectivity index (χ4n) is 2.47. The van der Waals surface area contributed by atoms with E-state index in [9.17, 15) is 4.79 Å². The monoisotopic (exact) mass is 353 g/mol. The van der Waals surface area contributed by atoms with Crippen molar-refractivity contribution in [2.24, 2.45) is 0 Å². The van der Waals surface area contributed by atoms with E-state index >= 15 is 0 Å². The molecule has 1 aliphatic heterocycles. The SMILES string of the molecule is N#Cc1cc2c(N)c(C(=O)Nc3ccc4c(c3)OCO4)sc2nc1N. The van der Waals surface area contributed by atoms with Crippen molar-refractivity contribution in [2.75, 3.05) is 23.6 Å². The summed E-state index contributed by atoms with van der Waals surface area (Å²) in [5, 5.41) is 12.3. The van der Waals surface area contributed by atoms with E-state index in [0.717, 1.165) is 11.3 Å². The Balaban J connectivity index is 1.68. The van der Waals surface area contributed by atoms with Crippen molar-refractivity contribution >= 4 is 44.7 Å². The number of nitrogens with one attached hydrogen (secondary N) is 1. The van der Waals surface area contributed by atoms with E-state index in [1.165, 1.54) is 0 Å². The average molecular weight is 353 g/mol. The predicted octanol–water partition coefficient (Wildman–Crippen LogP) is 2.31. The Labute approximate surface area is 145 Å². The Bertz CT molecular complexity index is 1070. The Hall–Kier alpha value is -3.51. The van der Waals surface area contributed by atoms with Crippen LogP contribution in [0.2, 0.25) is 0 Å². The Kier molecular flexibility index (Phi) is 3.33. The highest BCUT2D eigenvalue weighted by Crippen LogP contribution is 2.36. The number of hydrogen-bond donors (Lipinski definition) is 3. The number of nitrogen functional groups attached to an aromatic ring is 2. The van der Waals surface area contributed by atoms with Gasteiger partial charge in [-0.25, -0.2) is 4.98 Å². The molecule has 124 valence electrons. The van der Waals surface area contributed by atoms with Gasteiger partial charge in [-0.1, -0.05) is 0 Å². The third-order valence-corrected chi connectivity index (χ3v) is 4.82. The zero-order chi connectivity index (χ0) is 17.6. The summed E-state index contributed by atoms with van der Waals surface area (Å²) in [6.07, 6.45) is 0. The number of anilines is 3. The van der Waals surface area contributed by atoms with Gasteiger partial charge in [0.15, 0.2) is 11.5 Å². The van der Waals surface area contributed by atoms with E-state index in [-0.39, 0.29) is 29.8 Å². The molecule has 3 aromatic rings. The van der Waals surface area contributed by atoms with Crippen LogP contribution in [0.4, 0.5) is 17.2 Å². The van der Waals surface area contributed by atoms with E-state index < -0.39 is 0 Å². The minimum absolute atomic E-state index is 0.110. The number of pyridine rings is 1. The number of fused-ring (bicyclic) bond motifs is 2. The minimum Gasteiger partial charge on any atom is -0.454 e. The molecule has 4 rings (SSSR count). The molecular formula is C16H11N5O3S. The van der Waals surface area contributed by atoms with Crippen LogP contribution in [0.3, 0.4) is 0 Å². The van der Waals surface area contributed by atoms with E-state index in [2.05, 4.69) is 10.3 Å². The number of rotatable bonds is 2. The first-order valence-electron chi connectivity index (χ1n) is 7.16. The van der Waals surface area contributed by atoms with Crippen molar-refractivity contribution < 1.29 is 14.3 Å². The van der Waals surface area contributed by atoms with Crippen LogP contribution in [0.1, 0.15) is 15.2 Å². The van der Waals surface area contributed by atoms with E-state index in [0.29, 0.717) is 32.3 Å². The number of thiophene rings is 1. The normalized spacial score (nSPS) is 12.1. The molecule has 2 aromatic heterocycles. The topological polar surface area (TPSA) is 136 Å². The molecule has 0 bridgehead atoms. The molecule has 1 aromatic carbocycles. The summed E-state index contributed by atoms with van der Waals surface area (Å²) < 4.78 is 10.5. The Morgan fingerprint density at radius 2 is 2.08 bits per heavy atom. The van der Waals surface area contributed by atoms with Gasteiger partial charge in [-0.15, -0.1) is 11.3 Å². The number of aromatic nitrogens is 1. The number of nitrogens with two attached hydrogens (primary N) is 2. The van der Waals surface area contributed by atoms with Crippen LogP contribution in [0, 0.1) is 11.3 Å². The Morgan fingerprint density at radius 3 is 2.88 bits per heavy atom. The lowest BCUT2D eigenvalue weighted by Crippen LogP contribution is -2.11. The molecule has 3 heterocycles. The van der Waals surface area contributed by atoms with Crippen LogP contribution in [0.25, 0.3) is 10.2 Å². The molecule has 0 unspecified atom stereocenters. The van der Waals surface area contributed by atoms with Gasteiger partial charge in [0, 0.05) is 17.1 Å². The molecule has 5 N–H and O–H groups in total. The van der Waals surface area contributed by atoms with Crippen LogP contribution >= 0.6 is 11.3 Å². The van der Waals surface area contributed by atoms with Gasteiger partial charge in [0.05, 0.1) is 11.3 Å². The first-order valence-corrected chi connectivity index (χ1v) is 7.98. The first-order chi connectivity index (χ1) is 12.1. The maximum absolute atomic E-state index is 12.6. The number of benzene rings is 1. The molecule has 0 aliphatic carbocycles. The second-order valence-electron chi connectivity index (χ2n) is 5.25. The molecule has 9 heteroatoms. The summed E-state index contributed by atoms with van der Waals surface area (Å²) in [4.78, 5) is 17.5. The molecule has 8 nitrogen and oxygen atoms in total. The third kappa shape index (κ3) is 2.45. The fraction of sp³-hybridized carbons (Fsp3) is 0.0625. The highest BCUT2D eigenvalue weighted by Gasteiger charge is 2.20. The summed E-state index contributed by atoms with van der Waals surface area (Å²) in [6.45, 7) is 0.157. The molecule has 0 fully saturated rings. The molecule has 25 heavy (non-hydrogen) atoms. The van der Waals surface area contributed by atoms with Gasteiger partial charge in [-0.3, -0.25) is 4.79 Å². The van der Waals surface area contributed by atoms with Gasteiger partial charge in [0.2, 0.25) is 6.79 Å². The van der Waals surface area contributed by atoms with E-state index in [4.69, 9.17) is 26.2 Å². The number of carbonyl (C=O) groups excluding carboxylic acids is 1. The van der Waals surface area contributed by atoms with Crippen molar-refractivity contribution in [3.63, 3.8) is 0 Å². The third-order valence-electron chi connectivity index (χ3n) is 3.71. The molecule has 0 saturated carbocycles. The molecular weight excluding hydrogens is 342 g/mol. The number of hydrogen-bond acceptors (Lipinski definition) is 8. The van der Waals surface area contributed by atoms with Crippen LogP contribution in [-0.4, -0.2) is 17.7 Å². The largest absolute Gasteiger partial charge is 0.454 e. The summed E-state index contributed by atoms with van der Waals surface area (Å²) >= 11 is 1.12. The van der Waals surface area contributed by atoms with Gasteiger partial charge < -0.3 is 26.3 Å². The number of carbonyl (C=O) groups is 1. The van der Waals surface area contributed by atoms with Crippen LogP contribution < -0.4 is 26.3 Å². The summed E-state index contributed by atoms with van der Waals surface area (Å²) in [7, 11) is 0. The molecule has 0 atom stereocenters. The lowest BCUT2D eigenvalue weighted by molar-refractivity contribution is 0.103. The van der Waals surface area contributed by atoms with Crippen LogP contribution in [0.5, 0.6) is 11.5 Å². The summed E-state index contributed by atoms with van der Waals surface area (Å²) in [6, 6.07) is 8.59. The standard InChI is InChI=1S/C16H11N5O3S/c17-5-7-3-9-12(18)13(25-16(9)21-14(7)19)15(22)20-8-1-2-10-11(4-8)24-6-23-10/h1-4H,6,18H2,(H2,19,21)(H,20,22). The zero-order valence-corrected chi connectivity index (χ0v) is 13.5. The van der Waals surface area contributed by atoms with Gasteiger partial charge >= 0.3 is 0 Å². The zero-order valence-electron chi connectivity index (χ0n) is 12.7. The van der Waals surface area contributed by atoms with Crippen molar-refractivity contribution in [1.82, 2.24) is 4.98 Å². The average Bonchev–Trinajstić information content (AvgIpc) is 3.18. The number of amides is 1. The van der Waals surface area contributed by atoms with Crippen molar-refractivity contribution in [3.8, 4) is 17.6 Å². The maximum atomic E-state index is 12.6. The van der Waals surface area contributed by atoms with Gasteiger partial charge in [0.25, 0.3) is 5.91 Å². The lowest BCUT2D eigenvalue weighted by Gasteiger charge is -2.05. The second-order valence-corrected chi connectivity index (χ2v) is 6.25. The van der Waals surface area contributed by atoms with Gasteiger partial charge in [-0.2, -0.15) is 5.26 Å². The van der Waals surface area contributed by atoms with Crippen molar-refractivity contribution in [2.45, 2.75) is 0 Å². The van der Waals surface area contributed by atoms with Crippen molar-refractivity contribution in [3.05, 3.63) is 34.7 Å². The lowest BCUT2D eigenvalue weighted by atomic mass is 10.2. The highest BCUT2D eigenvalue weighted by atomic mass is 32.1. The maximum Gasteiger partial charge on any atom is 0.267 e. The number of nitriles is 1. The highest BCUT2D eigenvalue weighted by molar-refractivity contribution is 7.21. The number of nitrogens with zero attached hydrogens (tertiary/aromatic N) is 2. The quantitative estimate of drug-likeness (QED) is 0.643. The van der Waals surface area contributed by atoms with Crippen LogP contribution in [0.15, 0.2) is 24.3 Å². The van der Waals surface area contributed by atoms with E-state index in [1.54, 1.807) is 24.3 Å². The summed E-state index contributed by atoms with van der Waals surface area (Å²) in [5.41, 5.74) is 12.8. The predicted molar refractivity (Wildman–Crippen MR) is 93.7 cm³/mol. The van der Waals surface area contributed by atoms with Gasteiger partial charge in [-0.05, 0) is 18.2 Å². The van der Waals surface area contributed by atoms with Crippen LogP contribution in [-0.2, 0) is 0 Å². The molecule has 0 radical (unpaired) electrons. The van der Waals surface area contributed by atoms with Gasteiger partial charge in [0.1, 0.15) is 21.6 Å². The summed E-state index contributed by atoms with van der Waals surface area (Å²) in [5.74, 6) is 0.925. The smallest absolute Gasteiger partial charge is 0.267 e. The molecule has 1 amide bonds. The minimum atomic E-state index is -0.378. The molecule has 1 aliphatic rings. The van der Waals surface area contributed by atoms with Crippen molar-refractivity contribution in [1.29, 1.82) is 5.26 Å². The number of ether oxygens (including phenoxy) is 2. The molecule has 0 spiro atoms.